The predicted molar refractivity (Wildman–Crippen MR) is 138 cm³/mol. The van der Waals surface area contributed by atoms with Crippen molar-refractivity contribution in [3.05, 3.63) is 113 Å². The maximum atomic E-state index is 12.9. The fraction of sp³-hybridized carbons (Fsp3) is 0.214. The second-order valence-corrected chi connectivity index (χ2v) is 9.10. The Balaban J connectivity index is 1.17. The number of aromatic nitrogens is 3. The average molecular weight is 481 g/mol. The molecule has 0 atom stereocenters. The van der Waals surface area contributed by atoms with E-state index in [4.69, 9.17) is 0 Å². The first kappa shape index (κ1) is 23.4. The van der Waals surface area contributed by atoms with Gasteiger partial charge in [-0.1, -0.05) is 30.3 Å². The zero-order valence-corrected chi connectivity index (χ0v) is 20.1. The molecule has 1 aromatic heterocycles. The second kappa shape index (κ2) is 10.5. The van der Waals surface area contributed by atoms with Gasteiger partial charge in [0.2, 0.25) is 0 Å². The van der Waals surface area contributed by atoms with E-state index in [1.807, 2.05) is 36.4 Å². The largest absolute Gasteiger partial charge is 0.348 e. The van der Waals surface area contributed by atoms with Gasteiger partial charge < -0.3 is 15.5 Å². The summed E-state index contributed by atoms with van der Waals surface area (Å²) in [6, 6.07) is 20.8. The Hall–Kier alpha value is -4.30. The standard InChI is InChI=1S/C28H28N6O2/c1-33-12-11-22-9-10-26(14-25(22)17-33)32-28(36)24-4-2-3-21(13-24)15-30-27(35)23-7-5-20(6-8-23)16-34-19-29-18-31-34/h2-10,13-14,18-19H,11-12,15-17H2,1H3,(H,30,35)(H,32,36). The Bertz CT molecular complexity index is 1370. The van der Waals surface area contributed by atoms with Gasteiger partial charge in [-0.05, 0) is 72.1 Å². The SMILES string of the molecule is CN1CCc2ccc(NC(=O)c3cccc(CNC(=O)c4ccc(Cn5cncn5)cc4)c3)cc2C1. The summed E-state index contributed by atoms with van der Waals surface area (Å²) in [6.45, 7) is 2.86. The van der Waals surface area contributed by atoms with Crippen molar-refractivity contribution in [1.82, 2.24) is 25.0 Å². The van der Waals surface area contributed by atoms with Gasteiger partial charge in [0.25, 0.3) is 11.8 Å². The molecule has 5 rings (SSSR count). The maximum absolute atomic E-state index is 12.9. The van der Waals surface area contributed by atoms with Crippen LogP contribution in [0.25, 0.3) is 0 Å². The summed E-state index contributed by atoms with van der Waals surface area (Å²) in [7, 11) is 2.11. The molecular weight excluding hydrogens is 452 g/mol. The first-order chi connectivity index (χ1) is 17.5. The number of hydrogen-bond acceptors (Lipinski definition) is 5. The van der Waals surface area contributed by atoms with E-state index in [0.717, 1.165) is 36.3 Å². The molecule has 4 aromatic rings. The average Bonchev–Trinajstić information content (AvgIpc) is 3.41. The molecule has 0 unspecified atom stereocenters. The van der Waals surface area contributed by atoms with Crippen molar-refractivity contribution in [2.75, 3.05) is 18.9 Å². The molecule has 2 amide bonds. The zero-order chi connectivity index (χ0) is 24.9. The quantitative estimate of drug-likeness (QED) is 0.423. The minimum Gasteiger partial charge on any atom is -0.348 e. The van der Waals surface area contributed by atoms with E-state index in [1.165, 1.54) is 17.5 Å². The fourth-order valence-electron chi connectivity index (χ4n) is 4.35. The van der Waals surface area contributed by atoms with Crippen LogP contribution in [0.5, 0.6) is 0 Å². The molecule has 2 N–H and O–H groups in total. The predicted octanol–water partition coefficient (Wildman–Crippen LogP) is 3.50. The zero-order valence-electron chi connectivity index (χ0n) is 20.1. The number of anilines is 1. The molecule has 0 fully saturated rings. The van der Waals surface area contributed by atoms with Gasteiger partial charge in [-0.3, -0.25) is 9.59 Å². The van der Waals surface area contributed by atoms with Crippen molar-refractivity contribution < 1.29 is 9.59 Å². The third-order valence-electron chi connectivity index (χ3n) is 6.34. The highest BCUT2D eigenvalue weighted by atomic mass is 16.2. The van der Waals surface area contributed by atoms with E-state index < -0.39 is 0 Å². The van der Waals surface area contributed by atoms with Crippen molar-refractivity contribution in [1.29, 1.82) is 0 Å². The van der Waals surface area contributed by atoms with E-state index >= 15 is 0 Å². The number of benzene rings is 3. The molecule has 0 bridgehead atoms. The molecule has 1 aliphatic heterocycles. The van der Waals surface area contributed by atoms with E-state index in [1.54, 1.807) is 29.2 Å². The molecule has 2 heterocycles. The second-order valence-electron chi connectivity index (χ2n) is 9.10. The van der Waals surface area contributed by atoms with Crippen LogP contribution in [0.4, 0.5) is 5.69 Å². The number of likely N-dealkylation sites (N-methyl/N-ethyl adjacent to an activating group) is 1. The molecule has 8 heteroatoms. The third kappa shape index (κ3) is 5.67. The molecule has 0 saturated heterocycles. The van der Waals surface area contributed by atoms with Gasteiger partial charge >= 0.3 is 0 Å². The number of amides is 2. The summed E-state index contributed by atoms with van der Waals surface area (Å²) in [5.41, 5.74) is 6.39. The van der Waals surface area contributed by atoms with E-state index in [9.17, 15) is 9.59 Å². The minimum atomic E-state index is -0.171. The lowest BCUT2D eigenvalue weighted by atomic mass is 9.99. The van der Waals surface area contributed by atoms with Gasteiger partial charge in [0, 0.05) is 36.4 Å². The molecule has 0 aliphatic carbocycles. The lowest BCUT2D eigenvalue weighted by Crippen LogP contribution is -2.26. The van der Waals surface area contributed by atoms with Gasteiger partial charge in [0.05, 0.1) is 6.54 Å². The summed E-state index contributed by atoms with van der Waals surface area (Å²) in [5, 5.41) is 10.0. The molecule has 0 spiro atoms. The van der Waals surface area contributed by atoms with E-state index in [-0.39, 0.29) is 11.8 Å². The molecule has 0 saturated carbocycles. The Morgan fingerprint density at radius 3 is 2.58 bits per heavy atom. The first-order valence-corrected chi connectivity index (χ1v) is 11.9. The Kier molecular flexibility index (Phi) is 6.86. The molecule has 36 heavy (non-hydrogen) atoms. The van der Waals surface area contributed by atoms with Crippen LogP contribution >= 0.6 is 0 Å². The topological polar surface area (TPSA) is 92.2 Å². The summed E-state index contributed by atoms with van der Waals surface area (Å²) in [5.74, 6) is -0.341. The highest BCUT2D eigenvalue weighted by Gasteiger charge is 2.15. The number of fused-ring (bicyclic) bond motifs is 1. The van der Waals surface area contributed by atoms with Crippen LogP contribution in [-0.4, -0.2) is 45.1 Å². The van der Waals surface area contributed by atoms with Crippen molar-refractivity contribution in [3.63, 3.8) is 0 Å². The number of hydrogen-bond donors (Lipinski definition) is 2. The van der Waals surface area contributed by atoms with Gasteiger partial charge in [-0.25, -0.2) is 9.67 Å². The molecule has 8 nitrogen and oxygen atoms in total. The lowest BCUT2D eigenvalue weighted by molar-refractivity contribution is 0.0950. The Labute approximate surface area is 210 Å². The lowest BCUT2D eigenvalue weighted by Gasteiger charge is -2.25. The van der Waals surface area contributed by atoms with Crippen molar-refractivity contribution in [3.8, 4) is 0 Å². The Morgan fingerprint density at radius 2 is 1.78 bits per heavy atom. The summed E-state index contributed by atoms with van der Waals surface area (Å²) < 4.78 is 1.72. The smallest absolute Gasteiger partial charge is 0.255 e. The van der Waals surface area contributed by atoms with E-state index in [0.29, 0.717) is 24.2 Å². The van der Waals surface area contributed by atoms with Gasteiger partial charge in [-0.2, -0.15) is 5.10 Å². The summed E-state index contributed by atoms with van der Waals surface area (Å²) in [4.78, 5) is 31.7. The van der Waals surface area contributed by atoms with Crippen LogP contribution in [0.15, 0.2) is 79.4 Å². The number of carbonyl (C=O) groups is 2. The molecule has 1 aliphatic rings. The number of nitrogens with zero attached hydrogens (tertiary/aromatic N) is 4. The van der Waals surface area contributed by atoms with Crippen LogP contribution in [0.2, 0.25) is 0 Å². The van der Waals surface area contributed by atoms with Crippen LogP contribution in [0, 0.1) is 0 Å². The third-order valence-corrected chi connectivity index (χ3v) is 6.34. The monoisotopic (exact) mass is 480 g/mol. The van der Waals surface area contributed by atoms with Crippen LogP contribution < -0.4 is 10.6 Å². The van der Waals surface area contributed by atoms with Crippen LogP contribution in [-0.2, 0) is 26.1 Å². The van der Waals surface area contributed by atoms with Crippen molar-refractivity contribution in [2.45, 2.75) is 26.1 Å². The van der Waals surface area contributed by atoms with Crippen molar-refractivity contribution in [2.24, 2.45) is 0 Å². The fourth-order valence-corrected chi connectivity index (χ4v) is 4.35. The van der Waals surface area contributed by atoms with E-state index in [2.05, 4.69) is 44.8 Å². The highest BCUT2D eigenvalue weighted by molar-refractivity contribution is 6.04. The van der Waals surface area contributed by atoms with Crippen molar-refractivity contribution >= 4 is 17.5 Å². The Morgan fingerprint density at radius 1 is 0.917 bits per heavy atom. The number of nitrogens with one attached hydrogen (secondary N) is 2. The number of carbonyl (C=O) groups excluding carboxylic acids is 2. The number of rotatable bonds is 7. The van der Waals surface area contributed by atoms with Gasteiger partial charge in [0.15, 0.2) is 0 Å². The first-order valence-electron chi connectivity index (χ1n) is 11.9. The molecule has 3 aromatic carbocycles. The minimum absolute atomic E-state index is 0.170. The molecule has 0 radical (unpaired) electrons. The highest BCUT2D eigenvalue weighted by Crippen LogP contribution is 2.22. The van der Waals surface area contributed by atoms with Gasteiger partial charge in [0.1, 0.15) is 12.7 Å². The maximum Gasteiger partial charge on any atom is 0.255 e. The van der Waals surface area contributed by atoms with Crippen LogP contribution in [0.3, 0.4) is 0 Å². The van der Waals surface area contributed by atoms with Gasteiger partial charge in [-0.15, -0.1) is 0 Å². The summed E-state index contributed by atoms with van der Waals surface area (Å²) in [6.07, 6.45) is 4.18. The molecular formula is C28H28N6O2. The molecule has 182 valence electrons. The van der Waals surface area contributed by atoms with Crippen LogP contribution in [0.1, 0.15) is 43.0 Å². The normalized spacial score (nSPS) is 13.1. The summed E-state index contributed by atoms with van der Waals surface area (Å²) >= 11 is 0.